The van der Waals surface area contributed by atoms with Crippen LogP contribution in [-0.4, -0.2) is 31.6 Å². The van der Waals surface area contributed by atoms with Gasteiger partial charge in [0.2, 0.25) is 0 Å². The molecule has 5 rings (SSSR count). The lowest BCUT2D eigenvalue weighted by Gasteiger charge is -2.21. The van der Waals surface area contributed by atoms with E-state index in [0.717, 1.165) is 28.0 Å². The summed E-state index contributed by atoms with van der Waals surface area (Å²) in [5.74, 6) is -0.0872. The number of carbonyl (C=O) groups excluding carboxylic acids is 1. The fourth-order valence-electron chi connectivity index (χ4n) is 3.33. The molecule has 0 aliphatic carbocycles. The number of hydrazone groups is 1. The molecule has 132 valence electrons. The summed E-state index contributed by atoms with van der Waals surface area (Å²) >= 11 is 1.43. The maximum atomic E-state index is 13.1. The van der Waals surface area contributed by atoms with Crippen LogP contribution in [0.15, 0.2) is 71.5 Å². The molecule has 1 unspecified atom stereocenters. The summed E-state index contributed by atoms with van der Waals surface area (Å²) in [6.45, 7) is 0. The summed E-state index contributed by atoms with van der Waals surface area (Å²) in [5, 5.41) is 8.16. The molecule has 3 aromatic heterocycles. The van der Waals surface area contributed by atoms with Crippen molar-refractivity contribution in [2.24, 2.45) is 5.10 Å². The monoisotopic (exact) mass is 373 g/mol. The van der Waals surface area contributed by atoms with E-state index in [-0.39, 0.29) is 11.9 Å². The fourth-order valence-corrected chi connectivity index (χ4v) is 3.99. The number of amides is 1. The third kappa shape index (κ3) is 2.82. The van der Waals surface area contributed by atoms with Gasteiger partial charge in [0.15, 0.2) is 0 Å². The number of hydrogen-bond acceptors (Lipinski definition) is 5. The second-order valence-electron chi connectivity index (χ2n) is 6.28. The molecular weight excluding hydrogens is 358 g/mol. The predicted molar refractivity (Wildman–Crippen MR) is 105 cm³/mol. The molecule has 1 N–H and O–H groups in total. The predicted octanol–water partition coefficient (Wildman–Crippen LogP) is 4.01. The van der Waals surface area contributed by atoms with E-state index in [1.807, 2.05) is 54.0 Å². The Morgan fingerprint density at radius 1 is 1.11 bits per heavy atom. The lowest BCUT2D eigenvalue weighted by molar-refractivity contribution is 0.0716. The summed E-state index contributed by atoms with van der Waals surface area (Å²) in [6.07, 6.45) is 5.86. The van der Waals surface area contributed by atoms with Crippen molar-refractivity contribution in [1.29, 1.82) is 0 Å². The van der Waals surface area contributed by atoms with E-state index >= 15 is 0 Å². The van der Waals surface area contributed by atoms with Gasteiger partial charge in [-0.3, -0.25) is 14.8 Å². The van der Waals surface area contributed by atoms with Gasteiger partial charge in [-0.1, -0.05) is 12.1 Å². The highest BCUT2D eigenvalue weighted by Gasteiger charge is 2.34. The molecule has 7 heteroatoms. The number of aromatic nitrogens is 3. The summed E-state index contributed by atoms with van der Waals surface area (Å²) in [6, 6.07) is 13.4. The van der Waals surface area contributed by atoms with Crippen LogP contribution in [0.5, 0.6) is 0 Å². The Hall–Kier alpha value is -3.32. The van der Waals surface area contributed by atoms with Gasteiger partial charge in [0.25, 0.3) is 5.91 Å². The number of H-pyrrole nitrogens is 1. The number of nitrogens with zero attached hydrogens (tertiary/aromatic N) is 4. The Labute approximate surface area is 159 Å². The molecule has 4 heterocycles. The number of thiophene rings is 1. The van der Waals surface area contributed by atoms with Crippen LogP contribution in [-0.2, 0) is 0 Å². The molecule has 4 aromatic rings. The van der Waals surface area contributed by atoms with E-state index in [9.17, 15) is 4.79 Å². The Bertz CT molecular complexity index is 1130. The van der Waals surface area contributed by atoms with Crippen molar-refractivity contribution >= 4 is 34.0 Å². The number of aromatic amines is 1. The van der Waals surface area contributed by atoms with E-state index in [1.165, 1.54) is 11.3 Å². The fraction of sp³-hybridized carbons (Fsp3) is 0.100. The quantitative estimate of drug-likeness (QED) is 0.590. The molecule has 6 nitrogen and oxygen atoms in total. The number of hydrogen-bond donors (Lipinski definition) is 1. The standard InChI is InChI=1S/C20H15N5OS/c26-20(19-4-2-10-27-19)25-18(12-17(24-25)14-3-1-7-21-14)13-5-6-15-16(11-13)23-9-8-22-15/h1-11,18,21H,12H2. The zero-order chi connectivity index (χ0) is 18.2. The van der Waals surface area contributed by atoms with Crippen LogP contribution in [0, 0.1) is 0 Å². The van der Waals surface area contributed by atoms with Gasteiger partial charge in [0.1, 0.15) is 0 Å². The maximum absolute atomic E-state index is 13.1. The molecule has 1 aliphatic heterocycles. The largest absolute Gasteiger partial charge is 0.360 e. The molecule has 1 aliphatic rings. The number of nitrogens with one attached hydrogen (secondary N) is 1. The first-order valence-corrected chi connectivity index (χ1v) is 9.46. The minimum atomic E-state index is -0.177. The zero-order valence-corrected chi connectivity index (χ0v) is 15.1. The van der Waals surface area contributed by atoms with Crippen molar-refractivity contribution < 1.29 is 4.79 Å². The van der Waals surface area contributed by atoms with E-state index in [0.29, 0.717) is 11.3 Å². The third-order valence-corrected chi connectivity index (χ3v) is 5.50. The van der Waals surface area contributed by atoms with Crippen molar-refractivity contribution in [3.8, 4) is 0 Å². The summed E-state index contributed by atoms with van der Waals surface area (Å²) in [5.41, 5.74) is 4.45. The van der Waals surface area contributed by atoms with E-state index in [1.54, 1.807) is 17.4 Å². The second kappa shape index (κ2) is 6.44. The number of carbonyl (C=O) groups is 1. The topological polar surface area (TPSA) is 74.2 Å². The molecule has 1 amide bonds. The maximum Gasteiger partial charge on any atom is 0.284 e. The van der Waals surface area contributed by atoms with Gasteiger partial charge in [0, 0.05) is 25.0 Å². The molecule has 27 heavy (non-hydrogen) atoms. The average Bonchev–Trinajstić information content (AvgIpc) is 3.48. The van der Waals surface area contributed by atoms with Crippen LogP contribution in [0.4, 0.5) is 0 Å². The van der Waals surface area contributed by atoms with Crippen molar-refractivity contribution in [2.75, 3.05) is 0 Å². The third-order valence-electron chi connectivity index (χ3n) is 4.64. The summed E-state index contributed by atoms with van der Waals surface area (Å²) < 4.78 is 0. The van der Waals surface area contributed by atoms with Gasteiger partial charge in [-0.2, -0.15) is 5.10 Å². The number of fused-ring (bicyclic) bond motifs is 1. The van der Waals surface area contributed by atoms with Gasteiger partial charge in [-0.05, 0) is 41.3 Å². The molecular formula is C20H15N5OS. The van der Waals surface area contributed by atoms with Gasteiger partial charge in [0.05, 0.1) is 33.4 Å². The van der Waals surface area contributed by atoms with Crippen LogP contribution in [0.2, 0.25) is 0 Å². The van der Waals surface area contributed by atoms with Gasteiger partial charge < -0.3 is 4.98 Å². The normalized spacial score (nSPS) is 16.7. The minimum absolute atomic E-state index is 0.0872. The summed E-state index contributed by atoms with van der Waals surface area (Å²) in [7, 11) is 0. The highest BCUT2D eigenvalue weighted by molar-refractivity contribution is 7.12. The second-order valence-corrected chi connectivity index (χ2v) is 7.23. The molecule has 0 bridgehead atoms. The zero-order valence-electron chi connectivity index (χ0n) is 14.2. The first kappa shape index (κ1) is 15.9. The lowest BCUT2D eigenvalue weighted by atomic mass is 10.00. The SMILES string of the molecule is O=C(c1cccs1)N1N=C(c2ccc[nH]2)CC1c1ccc2nccnc2c1. The number of benzene rings is 1. The van der Waals surface area contributed by atoms with Gasteiger partial charge >= 0.3 is 0 Å². The van der Waals surface area contributed by atoms with Crippen molar-refractivity contribution in [3.63, 3.8) is 0 Å². The number of rotatable bonds is 3. The Balaban J connectivity index is 1.57. The molecule has 1 atom stereocenters. The lowest BCUT2D eigenvalue weighted by Crippen LogP contribution is -2.26. The van der Waals surface area contributed by atoms with E-state index in [2.05, 4.69) is 20.1 Å². The van der Waals surface area contributed by atoms with Crippen LogP contribution in [0.25, 0.3) is 11.0 Å². The molecule has 0 saturated heterocycles. The molecule has 0 radical (unpaired) electrons. The van der Waals surface area contributed by atoms with Crippen molar-refractivity contribution in [3.05, 3.63) is 82.6 Å². The average molecular weight is 373 g/mol. The molecule has 0 fully saturated rings. The van der Waals surface area contributed by atoms with Crippen LogP contribution >= 0.6 is 11.3 Å². The highest BCUT2D eigenvalue weighted by Crippen LogP contribution is 2.35. The Kier molecular flexibility index (Phi) is 3.79. The van der Waals surface area contributed by atoms with Crippen LogP contribution in [0.1, 0.15) is 33.4 Å². The van der Waals surface area contributed by atoms with E-state index in [4.69, 9.17) is 0 Å². The van der Waals surface area contributed by atoms with Crippen LogP contribution in [0.3, 0.4) is 0 Å². The van der Waals surface area contributed by atoms with Crippen LogP contribution < -0.4 is 0 Å². The van der Waals surface area contributed by atoms with Gasteiger partial charge in [-0.25, -0.2) is 5.01 Å². The van der Waals surface area contributed by atoms with Crippen molar-refractivity contribution in [2.45, 2.75) is 12.5 Å². The Morgan fingerprint density at radius 3 is 2.78 bits per heavy atom. The first-order chi connectivity index (χ1) is 13.3. The smallest absolute Gasteiger partial charge is 0.284 e. The van der Waals surface area contributed by atoms with E-state index < -0.39 is 0 Å². The summed E-state index contributed by atoms with van der Waals surface area (Å²) in [4.78, 5) is 25.6. The van der Waals surface area contributed by atoms with Gasteiger partial charge in [-0.15, -0.1) is 11.3 Å². The first-order valence-electron chi connectivity index (χ1n) is 8.58. The Morgan fingerprint density at radius 2 is 2.00 bits per heavy atom. The minimum Gasteiger partial charge on any atom is -0.360 e. The highest BCUT2D eigenvalue weighted by atomic mass is 32.1. The molecule has 1 aromatic carbocycles. The molecule has 0 saturated carbocycles. The van der Waals surface area contributed by atoms with Crippen molar-refractivity contribution in [1.82, 2.24) is 20.0 Å². The molecule has 0 spiro atoms.